The Balaban J connectivity index is 0.000000389. The van der Waals surface area contributed by atoms with Gasteiger partial charge in [-0.15, -0.1) is 0 Å². The van der Waals surface area contributed by atoms with E-state index in [9.17, 15) is 9.59 Å². The third kappa shape index (κ3) is 9.52. The number of carbonyl (C=O) groups is 2. The summed E-state index contributed by atoms with van der Waals surface area (Å²) in [7, 11) is 4.07. The highest BCUT2D eigenvalue weighted by Crippen LogP contribution is 2.31. The summed E-state index contributed by atoms with van der Waals surface area (Å²) in [5, 5.41) is 12.0. The molecule has 0 spiro atoms. The van der Waals surface area contributed by atoms with Gasteiger partial charge in [0.05, 0.1) is 5.69 Å². The largest absolute Gasteiger partial charge is 0.477 e. The molecular formula is C33H46N4O4. The smallest absolute Gasteiger partial charge is 0.341 e. The van der Waals surface area contributed by atoms with Crippen molar-refractivity contribution in [3.05, 3.63) is 64.8 Å². The number of aromatic nitrogens is 2. The molecule has 1 aromatic carbocycles. The standard InChI is InChI=1S/C27H39N3O.C6H7NO3/c1-4-5-6-7-8-9-10-11-16-29(2)21-22-17-25(20-28-19-22)23-12-14-26-24(18-23)13-15-27(31)30(26)3;1-3-5(6(8)9)4(2)10-7-3/h12,14,17-20H,4-11,13,15-16,21H2,1-3H3;1-2H3,(H,8,9). The third-order valence-electron chi connectivity index (χ3n) is 7.64. The zero-order chi connectivity index (χ0) is 29.8. The minimum Gasteiger partial charge on any atom is -0.477 e. The highest BCUT2D eigenvalue weighted by atomic mass is 16.5. The number of pyridine rings is 1. The number of carbonyl (C=O) groups excluding carboxylic acids is 1. The van der Waals surface area contributed by atoms with Gasteiger partial charge in [-0.1, -0.05) is 63.1 Å². The van der Waals surface area contributed by atoms with Crippen LogP contribution < -0.4 is 4.90 Å². The van der Waals surface area contributed by atoms with Crippen LogP contribution in [0.3, 0.4) is 0 Å². The van der Waals surface area contributed by atoms with Gasteiger partial charge < -0.3 is 19.4 Å². The van der Waals surface area contributed by atoms with E-state index in [-0.39, 0.29) is 11.5 Å². The van der Waals surface area contributed by atoms with Crippen molar-refractivity contribution in [2.75, 3.05) is 25.5 Å². The van der Waals surface area contributed by atoms with Crippen molar-refractivity contribution in [2.24, 2.45) is 0 Å². The lowest BCUT2D eigenvalue weighted by atomic mass is 9.96. The van der Waals surface area contributed by atoms with Gasteiger partial charge in [-0.05, 0) is 75.2 Å². The van der Waals surface area contributed by atoms with Gasteiger partial charge in [0.2, 0.25) is 5.91 Å². The Hall–Kier alpha value is -3.52. The van der Waals surface area contributed by atoms with Crippen LogP contribution in [0.2, 0.25) is 0 Å². The zero-order valence-electron chi connectivity index (χ0n) is 25.4. The van der Waals surface area contributed by atoms with Crippen LogP contribution in [0.25, 0.3) is 11.1 Å². The Labute approximate surface area is 244 Å². The van der Waals surface area contributed by atoms with Crippen LogP contribution in [0.1, 0.15) is 97.7 Å². The fraction of sp³-hybridized carbons (Fsp3) is 0.515. The van der Waals surface area contributed by atoms with E-state index in [2.05, 4.69) is 57.8 Å². The number of carboxylic acids is 1. The molecule has 1 aliphatic rings. The first-order chi connectivity index (χ1) is 19.7. The van der Waals surface area contributed by atoms with E-state index in [1.54, 1.807) is 18.7 Å². The SMILES string of the molecule is CCCCCCCCCCN(C)Cc1cncc(-c2ccc3c(c2)CCC(=O)N3C)c1.Cc1noc(C)c1C(=O)O. The normalized spacial score (nSPS) is 12.7. The van der Waals surface area contributed by atoms with Crippen molar-refractivity contribution in [3.63, 3.8) is 0 Å². The highest BCUT2D eigenvalue weighted by Gasteiger charge is 2.21. The molecule has 3 aromatic rings. The van der Waals surface area contributed by atoms with E-state index < -0.39 is 5.97 Å². The summed E-state index contributed by atoms with van der Waals surface area (Å²) in [5.41, 5.74) is 6.46. The van der Waals surface area contributed by atoms with Crippen LogP contribution in [-0.4, -0.2) is 52.7 Å². The van der Waals surface area contributed by atoms with Crippen LogP contribution >= 0.6 is 0 Å². The summed E-state index contributed by atoms with van der Waals surface area (Å²) in [5.74, 6) is -0.440. The van der Waals surface area contributed by atoms with E-state index in [0.29, 0.717) is 17.9 Å². The molecule has 3 heterocycles. The van der Waals surface area contributed by atoms with Crippen LogP contribution in [0.15, 0.2) is 41.2 Å². The Kier molecular flexibility index (Phi) is 12.5. The van der Waals surface area contributed by atoms with Gasteiger partial charge in [0, 0.05) is 43.7 Å². The second-order valence-electron chi connectivity index (χ2n) is 11.1. The number of anilines is 1. The van der Waals surface area contributed by atoms with Crippen LogP contribution in [0.4, 0.5) is 5.69 Å². The van der Waals surface area contributed by atoms with Crippen molar-refractivity contribution in [3.8, 4) is 11.1 Å². The summed E-state index contributed by atoms with van der Waals surface area (Å²) in [6.07, 6.45) is 16.2. The van der Waals surface area contributed by atoms with Crippen molar-refractivity contribution in [1.82, 2.24) is 15.0 Å². The molecule has 0 aliphatic carbocycles. The van der Waals surface area contributed by atoms with Crippen molar-refractivity contribution in [1.29, 1.82) is 0 Å². The van der Waals surface area contributed by atoms with Gasteiger partial charge in [0.15, 0.2) is 0 Å². The molecule has 0 bridgehead atoms. The van der Waals surface area contributed by atoms with Gasteiger partial charge >= 0.3 is 5.97 Å². The van der Waals surface area contributed by atoms with Crippen molar-refractivity contribution >= 4 is 17.6 Å². The first kappa shape index (κ1) is 32.0. The molecule has 222 valence electrons. The van der Waals surface area contributed by atoms with Crippen LogP contribution in [0, 0.1) is 13.8 Å². The quantitative estimate of drug-likeness (QED) is 0.220. The molecule has 8 heteroatoms. The average Bonchev–Trinajstić information content (AvgIpc) is 3.30. The van der Waals surface area contributed by atoms with E-state index in [1.807, 2.05) is 19.4 Å². The molecule has 1 amide bonds. The number of carboxylic acid groups (broad SMARTS) is 1. The first-order valence-electron chi connectivity index (χ1n) is 14.9. The summed E-state index contributed by atoms with van der Waals surface area (Å²) >= 11 is 0. The van der Waals surface area contributed by atoms with Gasteiger partial charge in [-0.2, -0.15) is 0 Å². The Morgan fingerprint density at radius 3 is 2.34 bits per heavy atom. The lowest BCUT2D eigenvalue weighted by Crippen LogP contribution is -2.30. The van der Waals surface area contributed by atoms with E-state index >= 15 is 0 Å². The fourth-order valence-electron chi connectivity index (χ4n) is 5.26. The van der Waals surface area contributed by atoms with Gasteiger partial charge in [0.1, 0.15) is 11.3 Å². The molecule has 0 saturated heterocycles. The minimum absolute atomic E-state index is 0.167. The number of aromatic carboxylic acids is 1. The Bertz CT molecular complexity index is 1270. The molecule has 0 atom stereocenters. The maximum atomic E-state index is 11.9. The van der Waals surface area contributed by atoms with E-state index in [4.69, 9.17) is 5.11 Å². The van der Waals surface area contributed by atoms with Crippen molar-refractivity contribution < 1.29 is 19.2 Å². The first-order valence-corrected chi connectivity index (χ1v) is 14.9. The number of hydrogen-bond donors (Lipinski definition) is 1. The number of unbranched alkanes of at least 4 members (excludes halogenated alkanes) is 7. The molecule has 0 saturated carbocycles. The number of benzene rings is 1. The molecule has 0 fully saturated rings. The maximum absolute atomic E-state index is 11.9. The predicted molar refractivity (Wildman–Crippen MR) is 163 cm³/mol. The highest BCUT2D eigenvalue weighted by molar-refractivity contribution is 5.96. The van der Waals surface area contributed by atoms with E-state index in [1.165, 1.54) is 68.1 Å². The summed E-state index contributed by atoms with van der Waals surface area (Å²) in [6.45, 7) is 7.51. The van der Waals surface area contributed by atoms with Crippen LogP contribution in [0.5, 0.6) is 0 Å². The summed E-state index contributed by atoms with van der Waals surface area (Å²) < 4.78 is 4.63. The lowest BCUT2D eigenvalue weighted by molar-refractivity contribution is -0.118. The van der Waals surface area contributed by atoms with Gasteiger partial charge in [-0.25, -0.2) is 4.79 Å². The van der Waals surface area contributed by atoms with Gasteiger partial charge in [-0.3, -0.25) is 9.78 Å². The average molecular weight is 563 g/mol. The number of nitrogens with zero attached hydrogens (tertiary/aromatic N) is 4. The molecule has 4 rings (SSSR count). The molecule has 2 aromatic heterocycles. The fourth-order valence-corrected chi connectivity index (χ4v) is 5.26. The zero-order valence-corrected chi connectivity index (χ0v) is 25.4. The maximum Gasteiger partial charge on any atom is 0.341 e. The van der Waals surface area contributed by atoms with E-state index in [0.717, 1.165) is 30.8 Å². The number of fused-ring (bicyclic) bond motifs is 1. The Morgan fingerprint density at radius 1 is 1.00 bits per heavy atom. The third-order valence-corrected chi connectivity index (χ3v) is 7.64. The Morgan fingerprint density at radius 2 is 1.71 bits per heavy atom. The van der Waals surface area contributed by atoms with Gasteiger partial charge in [0.25, 0.3) is 0 Å². The molecule has 0 radical (unpaired) electrons. The molecule has 8 nitrogen and oxygen atoms in total. The minimum atomic E-state index is -0.990. The van der Waals surface area contributed by atoms with Crippen LogP contribution in [-0.2, 0) is 17.8 Å². The molecule has 41 heavy (non-hydrogen) atoms. The number of aryl methyl sites for hydroxylation is 3. The second-order valence-corrected chi connectivity index (χ2v) is 11.1. The molecule has 1 aliphatic heterocycles. The molecular weight excluding hydrogens is 516 g/mol. The molecule has 1 N–H and O–H groups in total. The number of rotatable bonds is 13. The number of hydrogen-bond acceptors (Lipinski definition) is 6. The lowest BCUT2D eigenvalue weighted by Gasteiger charge is -2.26. The van der Waals surface area contributed by atoms with Crippen molar-refractivity contribution in [2.45, 2.75) is 91.5 Å². The second kappa shape index (κ2) is 16.1. The monoisotopic (exact) mass is 562 g/mol. The predicted octanol–water partition coefficient (Wildman–Crippen LogP) is 7.22. The summed E-state index contributed by atoms with van der Waals surface area (Å²) in [6, 6.07) is 8.67. The summed E-state index contributed by atoms with van der Waals surface area (Å²) in [4.78, 5) is 31.0. The topological polar surface area (TPSA) is 99.8 Å². The number of amides is 1. The molecule has 0 unspecified atom stereocenters.